The van der Waals surface area contributed by atoms with E-state index in [-0.39, 0.29) is 11.3 Å². The summed E-state index contributed by atoms with van der Waals surface area (Å²) in [5.74, 6) is -0.802. The molecule has 4 aromatic rings. The number of fused-ring (bicyclic) bond motifs is 2. The molecule has 7 heteroatoms. The molecular weight excluding hydrogens is 404 g/mol. The number of nitrogens with zero attached hydrogens (tertiary/aromatic N) is 1. The Bertz CT molecular complexity index is 1390. The van der Waals surface area contributed by atoms with Crippen molar-refractivity contribution < 1.29 is 14.7 Å². The predicted octanol–water partition coefficient (Wildman–Crippen LogP) is 3.40. The van der Waals surface area contributed by atoms with Crippen LogP contribution in [0.4, 0.5) is 0 Å². The van der Waals surface area contributed by atoms with Crippen molar-refractivity contribution in [1.82, 2.24) is 20.2 Å². The standard InChI is InChI=1S/C25H24N4O3/c1-2-26-11-6-12-29-14-17(21-19(29)9-5-10-20(21)30)23-22(24(31)28-25(23)32)16-13-27-18-8-4-3-7-15(16)18/h3-5,7-10,13-14,26-27,30H,2,6,11-12H2,1H3,(H,28,31,32). The number of phenols is 1. The van der Waals surface area contributed by atoms with Crippen molar-refractivity contribution in [3.8, 4) is 5.75 Å². The molecular formula is C25H24N4O3. The monoisotopic (exact) mass is 428 g/mol. The number of amides is 2. The average molecular weight is 428 g/mol. The molecule has 3 heterocycles. The van der Waals surface area contributed by atoms with Crippen molar-refractivity contribution >= 4 is 44.8 Å². The van der Waals surface area contributed by atoms with E-state index in [4.69, 9.17) is 0 Å². The summed E-state index contributed by atoms with van der Waals surface area (Å²) >= 11 is 0. The fraction of sp³-hybridized carbons (Fsp3) is 0.200. The van der Waals surface area contributed by atoms with Crippen molar-refractivity contribution in [1.29, 1.82) is 0 Å². The first kappa shape index (κ1) is 20.1. The zero-order chi connectivity index (χ0) is 22.2. The van der Waals surface area contributed by atoms with E-state index in [0.29, 0.717) is 22.1 Å². The van der Waals surface area contributed by atoms with Crippen molar-refractivity contribution in [2.75, 3.05) is 13.1 Å². The van der Waals surface area contributed by atoms with Crippen LogP contribution in [-0.2, 0) is 16.1 Å². The lowest BCUT2D eigenvalue weighted by Gasteiger charge is -2.05. The lowest BCUT2D eigenvalue weighted by molar-refractivity contribution is -0.122. The predicted molar refractivity (Wildman–Crippen MR) is 125 cm³/mol. The fourth-order valence-electron chi connectivity index (χ4n) is 4.51. The highest BCUT2D eigenvalue weighted by Gasteiger charge is 2.35. The number of para-hydroxylation sites is 1. The highest BCUT2D eigenvalue weighted by molar-refractivity contribution is 6.50. The van der Waals surface area contributed by atoms with E-state index < -0.39 is 11.8 Å². The van der Waals surface area contributed by atoms with Crippen molar-refractivity contribution in [2.45, 2.75) is 19.9 Å². The van der Waals surface area contributed by atoms with E-state index in [1.807, 2.05) is 41.1 Å². The Balaban J connectivity index is 1.72. The van der Waals surface area contributed by atoms with Crippen LogP contribution in [0.25, 0.3) is 33.0 Å². The van der Waals surface area contributed by atoms with Gasteiger partial charge >= 0.3 is 0 Å². The first-order valence-corrected chi connectivity index (χ1v) is 10.8. The molecule has 0 spiro atoms. The minimum absolute atomic E-state index is 0.0841. The number of benzene rings is 2. The van der Waals surface area contributed by atoms with Crippen LogP contribution in [0.1, 0.15) is 24.5 Å². The van der Waals surface area contributed by atoms with Crippen LogP contribution in [0.5, 0.6) is 5.75 Å². The van der Waals surface area contributed by atoms with E-state index >= 15 is 0 Å². The number of carbonyl (C=O) groups is 2. The zero-order valence-electron chi connectivity index (χ0n) is 17.7. The number of hydrogen-bond donors (Lipinski definition) is 4. The molecule has 2 aromatic carbocycles. The number of nitrogens with one attached hydrogen (secondary N) is 3. The van der Waals surface area contributed by atoms with Gasteiger partial charge in [-0.3, -0.25) is 14.9 Å². The summed E-state index contributed by atoms with van der Waals surface area (Å²) in [6, 6.07) is 13.0. The highest BCUT2D eigenvalue weighted by Crippen LogP contribution is 2.40. The summed E-state index contributed by atoms with van der Waals surface area (Å²) in [6.07, 6.45) is 4.53. The Morgan fingerprint density at radius 1 is 1.00 bits per heavy atom. The summed E-state index contributed by atoms with van der Waals surface area (Å²) in [4.78, 5) is 29.1. The normalized spacial score (nSPS) is 14.2. The number of imide groups is 1. The molecule has 7 nitrogen and oxygen atoms in total. The summed E-state index contributed by atoms with van der Waals surface area (Å²) in [6.45, 7) is 4.56. The van der Waals surface area contributed by atoms with Crippen LogP contribution >= 0.6 is 0 Å². The summed E-state index contributed by atoms with van der Waals surface area (Å²) in [5, 5.41) is 17.9. The summed E-state index contributed by atoms with van der Waals surface area (Å²) in [7, 11) is 0. The molecule has 2 aromatic heterocycles. The molecule has 1 aliphatic heterocycles. The molecule has 0 unspecified atom stereocenters. The van der Waals surface area contributed by atoms with Gasteiger partial charge in [-0.25, -0.2) is 0 Å². The molecule has 0 radical (unpaired) electrons. The van der Waals surface area contributed by atoms with Gasteiger partial charge in [0.1, 0.15) is 5.75 Å². The number of aryl methyl sites for hydroxylation is 1. The Morgan fingerprint density at radius 3 is 2.59 bits per heavy atom. The van der Waals surface area contributed by atoms with E-state index in [0.717, 1.165) is 42.5 Å². The maximum atomic E-state index is 13.0. The van der Waals surface area contributed by atoms with Gasteiger partial charge in [-0.2, -0.15) is 0 Å². The lowest BCUT2D eigenvalue weighted by Crippen LogP contribution is -2.22. The molecule has 0 bridgehead atoms. The number of aromatic nitrogens is 2. The SMILES string of the molecule is CCNCCCn1cc(C2=C(c3c[nH]c4ccccc34)C(=O)NC2=O)c2c(O)cccc21. The third-order valence-electron chi connectivity index (χ3n) is 5.95. The van der Waals surface area contributed by atoms with Crippen LogP contribution in [0.2, 0.25) is 0 Å². The van der Waals surface area contributed by atoms with E-state index in [1.165, 1.54) is 0 Å². The fourth-order valence-corrected chi connectivity index (χ4v) is 4.51. The van der Waals surface area contributed by atoms with Gasteiger partial charge in [0.2, 0.25) is 0 Å². The smallest absolute Gasteiger partial charge is 0.259 e. The Hall–Kier alpha value is -3.84. The second-order valence-electron chi connectivity index (χ2n) is 7.90. The second kappa shape index (κ2) is 8.01. The lowest BCUT2D eigenvalue weighted by atomic mass is 9.95. The first-order valence-electron chi connectivity index (χ1n) is 10.8. The van der Waals surface area contributed by atoms with Crippen LogP contribution in [0.15, 0.2) is 54.9 Å². The summed E-state index contributed by atoms with van der Waals surface area (Å²) in [5.41, 5.74) is 3.55. The minimum atomic E-state index is -0.453. The number of aromatic hydroxyl groups is 1. The number of hydrogen-bond acceptors (Lipinski definition) is 4. The number of rotatable bonds is 7. The zero-order valence-corrected chi connectivity index (χ0v) is 17.7. The largest absolute Gasteiger partial charge is 0.507 e. The number of carbonyl (C=O) groups excluding carboxylic acids is 2. The van der Waals surface area contributed by atoms with Gasteiger partial charge in [-0.05, 0) is 37.7 Å². The molecule has 5 rings (SSSR count). The van der Waals surface area contributed by atoms with Gasteiger partial charge in [0, 0.05) is 46.4 Å². The molecule has 32 heavy (non-hydrogen) atoms. The van der Waals surface area contributed by atoms with Crippen LogP contribution < -0.4 is 10.6 Å². The molecule has 0 saturated carbocycles. The van der Waals surface area contributed by atoms with Gasteiger partial charge in [-0.15, -0.1) is 0 Å². The van der Waals surface area contributed by atoms with Crippen molar-refractivity contribution in [2.24, 2.45) is 0 Å². The average Bonchev–Trinajstić information content (AvgIpc) is 3.45. The van der Waals surface area contributed by atoms with Gasteiger partial charge in [0.25, 0.3) is 11.8 Å². The Kier molecular flexibility index (Phi) is 5.03. The maximum Gasteiger partial charge on any atom is 0.259 e. The van der Waals surface area contributed by atoms with Gasteiger partial charge in [-0.1, -0.05) is 31.2 Å². The molecule has 1 aliphatic rings. The number of H-pyrrole nitrogens is 1. The van der Waals surface area contributed by atoms with Crippen molar-refractivity contribution in [3.05, 3.63) is 66.0 Å². The summed E-state index contributed by atoms with van der Waals surface area (Å²) < 4.78 is 2.04. The third kappa shape index (κ3) is 3.18. The number of aromatic amines is 1. The van der Waals surface area contributed by atoms with Crippen LogP contribution in [0.3, 0.4) is 0 Å². The quantitative estimate of drug-likeness (QED) is 0.268. The van der Waals surface area contributed by atoms with Crippen LogP contribution in [0, 0.1) is 0 Å². The van der Waals surface area contributed by atoms with E-state index in [1.54, 1.807) is 18.3 Å². The molecule has 162 valence electrons. The Labute approximate surface area is 184 Å². The minimum Gasteiger partial charge on any atom is -0.507 e. The number of phenolic OH excluding ortho intramolecular Hbond substituents is 1. The van der Waals surface area contributed by atoms with Crippen molar-refractivity contribution in [3.63, 3.8) is 0 Å². The topological polar surface area (TPSA) is 99.2 Å². The highest BCUT2D eigenvalue weighted by atomic mass is 16.3. The molecule has 0 aliphatic carbocycles. The van der Waals surface area contributed by atoms with E-state index in [2.05, 4.69) is 22.5 Å². The molecule has 0 saturated heterocycles. The molecule has 0 fully saturated rings. The van der Waals surface area contributed by atoms with Crippen LogP contribution in [-0.4, -0.2) is 39.6 Å². The first-order chi connectivity index (χ1) is 15.6. The van der Waals surface area contributed by atoms with Gasteiger partial charge in [0.05, 0.1) is 16.7 Å². The van der Waals surface area contributed by atoms with Gasteiger partial charge in [0.15, 0.2) is 0 Å². The Morgan fingerprint density at radius 2 is 1.78 bits per heavy atom. The molecule has 0 atom stereocenters. The molecule has 2 amide bonds. The van der Waals surface area contributed by atoms with Gasteiger partial charge < -0.3 is 20.0 Å². The third-order valence-corrected chi connectivity index (χ3v) is 5.95. The second-order valence-corrected chi connectivity index (χ2v) is 7.90. The van der Waals surface area contributed by atoms with E-state index in [9.17, 15) is 14.7 Å². The maximum absolute atomic E-state index is 13.0. The molecule has 4 N–H and O–H groups in total.